The van der Waals surface area contributed by atoms with E-state index < -0.39 is 20.6 Å². The Morgan fingerprint density at radius 2 is 1.83 bits per heavy atom. The third kappa shape index (κ3) is 3.73. The average molecular weight is 432 g/mol. The Kier molecular flexibility index (Phi) is 5.99. The lowest BCUT2D eigenvalue weighted by Gasteiger charge is -2.56. The summed E-state index contributed by atoms with van der Waals surface area (Å²) in [6.07, 6.45) is 1.41. The second-order valence-corrected chi connectivity index (χ2v) is 12.2. The number of esters is 1. The fraction of sp³-hybridized carbons (Fsp3) is 0.609. The highest BCUT2D eigenvalue weighted by molar-refractivity contribution is 6.48. The van der Waals surface area contributed by atoms with Crippen LogP contribution >= 0.6 is 0 Å². The van der Waals surface area contributed by atoms with Crippen LogP contribution in [0.5, 0.6) is 0 Å². The molecule has 164 valence electrons. The molecule has 1 saturated heterocycles. The third-order valence-electron chi connectivity index (χ3n) is 6.81. The SMILES string of the molecule is COC(=O)c1ccc2c(c1)C(=O)[C@@H]([C@H]1NC(=O)[C@@H]1[C@@](C)(O[SiH](C)C)C(C)(C)C)CC2. The molecular formula is C23H33NO5Si. The van der Waals surface area contributed by atoms with Crippen molar-refractivity contribution >= 4 is 26.7 Å². The molecule has 0 radical (unpaired) electrons. The number of rotatable bonds is 5. The van der Waals surface area contributed by atoms with Gasteiger partial charge in [-0.2, -0.15) is 0 Å². The molecule has 30 heavy (non-hydrogen) atoms. The molecule has 3 rings (SSSR count). The van der Waals surface area contributed by atoms with Gasteiger partial charge in [-0.25, -0.2) is 4.79 Å². The lowest BCUT2D eigenvalue weighted by atomic mass is 9.60. The molecule has 1 amide bonds. The summed E-state index contributed by atoms with van der Waals surface area (Å²) >= 11 is 0. The minimum Gasteiger partial charge on any atom is -0.465 e. The van der Waals surface area contributed by atoms with Crippen LogP contribution in [0.2, 0.25) is 13.1 Å². The predicted molar refractivity (Wildman–Crippen MR) is 117 cm³/mol. The minimum atomic E-state index is -1.44. The van der Waals surface area contributed by atoms with Crippen molar-refractivity contribution in [3.63, 3.8) is 0 Å². The van der Waals surface area contributed by atoms with Gasteiger partial charge in [-0.15, -0.1) is 0 Å². The van der Waals surface area contributed by atoms with E-state index in [1.807, 2.05) is 13.0 Å². The topological polar surface area (TPSA) is 81.7 Å². The van der Waals surface area contributed by atoms with E-state index in [-0.39, 0.29) is 35.0 Å². The lowest BCUT2D eigenvalue weighted by Crippen LogP contribution is -2.73. The van der Waals surface area contributed by atoms with Gasteiger partial charge in [-0.3, -0.25) is 9.59 Å². The van der Waals surface area contributed by atoms with Crippen LogP contribution in [0.1, 0.15) is 60.4 Å². The van der Waals surface area contributed by atoms with E-state index in [4.69, 9.17) is 9.16 Å². The number of hydrogen-bond donors (Lipinski definition) is 1. The van der Waals surface area contributed by atoms with Crippen molar-refractivity contribution in [2.45, 2.75) is 65.3 Å². The van der Waals surface area contributed by atoms with Gasteiger partial charge in [0.25, 0.3) is 0 Å². The number of aryl methyl sites for hydroxylation is 1. The summed E-state index contributed by atoms with van der Waals surface area (Å²) in [7, 11) is -0.111. The molecule has 1 N–H and O–H groups in total. The summed E-state index contributed by atoms with van der Waals surface area (Å²) in [5.74, 6) is -1.24. The van der Waals surface area contributed by atoms with Crippen LogP contribution in [0.25, 0.3) is 0 Å². The monoisotopic (exact) mass is 431 g/mol. The molecular weight excluding hydrogens is 398 g/mol. The van der Waals surface area contributed by atoms with Crippen LogP contribution in [0.4, 0.5) is 0 Å². The summed E-state index contributed by atoms with van der Waals surface area (Å²) in [4.78, 5) is 38.1. The maximum atomic E-state index is 13.4. The van der Waals surface area contributed by atoms with Gasteiger partial charge in [-0.1, -0.05) is 26.8 Å². The smallest absolute Gasteiger partial charge is 0.337 e. The van der Waals surface area contributed by atoms with Gasteiger partial charge in [0.05, 0.1) is 30.2 Å². The molecule has 6 nitrogen and oxygen atoms in total. The zero-order valence-corrected chi connectivity index (χ0v) is 20.2. The zero-order chi connectivity index (χ0) is 22.4. The number of carbonyl (C=O) groups is 3. The molecule has 0 saturated carbocycles. The highest BCUT2D eigenvalue weighted by Crippen LogP contribution is 2.47. The molecule has 1 heterocycles. The van der Waals surface area contributed by atoms with Gasteiger partial charge >= 0.3 is 5.97 Å². The third-order valence-corrected chi connectivity index (χ3v) is 7.77. The number of fused-ring (bicyclic) bond motifs is 1. The number of benzene rings is 1. The van der Waals surface area contributed by atoms with Crippen LogP contribution in [0.15, 0.2) is 18.2 Å². The van der Waals surface area contributed by atoms with E-state index in [1.54, 1.807) is 12.1 Å². The summed E-state index contributed by atoms with van der Waals surface area (Å²) in [5, 5.41) is 3.01. The van der Waals surface area contributed by atoms with Crippen molar-refractivity contribution in [1.82, 2.24) is 5.32 Å². The number of Topliss-reactive ketones (excluding diaryl/α,β-unsaturated/α-hetero) is 1. The average Bonchev–Trinajstić information content (AvgIpc) is 2.64. The number of nitrogens with one attached hydrogen (secondary N) is 1. The van der Waals surface area contributed by atoms with E-state index in [0.29, 0.717) is 17.5 Å². The Hall–Kier alpha value is -1.99. The lowest BCUT2D eigenvalue weighted by molar-refractivity contribution is -0.161. The molecule has 0 unspecified atom stereocenters. The van der Waals surface area contributed by atoms with E-state index in [0.717, 1.165) is 12.0 Å². The van der Waals surface area contributed by atoms with Gasteiger partial charge in [0.1, 0.15) is 0 Å². The van der Waals surface area contributed by atoms with Crippen molar-refractivity contribution in [2.24, 2.45) is 17.3 Å². The van der Waals surface area contributed by atoms with Gasteiger partial charge in [0, 0.05) is 11.5 Å². The highest BCUT2D eigenvalue weighted by Gasteiger charge is 2.60. The van der Waals surface area contributed by atoms with E-state index in [2.05, 4.69) is 39.2 Å². The maximum absolute atomic E-state index is 13.4. The highest BCUT2D eigenvalue weighted by atomic mass is 28.3. The number of ether oxygens (including phenoxy) is 1. The summed E-state index contributed by atoms with van der Waals surface area (Å²) in [6.45, 7) is 12.5. The molecule has 0 aromatic heterocycles. The second kappa shape index (κ2) is 7.93. The second-order valence-electron chi connectivity index (χ2n) is 9.91. The van der Waals surface area contributed by atoms with Crippen LogP contribution in [-0.4, -0.2) is 45.5 Å². The summed E-state index contributed by atoms with van der Waals surface area (Å²) < 4.78 is 11.3. The quantitative estimate of drug-likeness (QED) is 0.440. The molecule has 2 aliphatic rings. The first-order valence-electron chi connectivity index (χ1n) is 10.6. The molecule has 1 aliphatic carbocycles. The Bertz CT molecular complexity index is 875. The molecule has 0 spiro atoms. The van der Waals surface area contributed by atoms with Gasteiger partial charge in [0.15, 0.2) is 14.8 Å². The first-order valence-corrected chi connectivity index (χ1v) is 13.4. The molecule has 1 aromatic rings. The molecule has 7 heteroatoms. The maximum Gasteiger partial charge on any atom is 0.337 e. The molecule has 4 atom stereocenters. The number of ketones is 1. The first kappa shape index (κ1) is 22.7. The van der Waals surface area contributed by atoms with Crippen molar-refractivity contribution in [3.05, 3.63) is 34.9 Å². The number of β-lactam (4-membered cyclic amide) rings is 1. The first-order chi connectivity index (χ1) is 13.9. The molecule has 1 aromatic carbocycles. The Morgan fingerprint density at radius 3 is 2.37 bits per heavy atom. The van der Waals surface area contributed by atoms with Crippen LogP contribution in [0, 0.1) is 17.3 Å². The van der Waals surface area contributed by atoms with Gasteiger partial charge in [0.2, 0.25) is 5.91 Å². The zero-order valence-electron chi connectivity index (χ0n) is 19.0. The molecule has 1 aliphatic heterocycles. The van der Waals surface area contributed by atoms with Gasteiger partial charge < -0.3 is 14.5 Å². The van der Waals surface area contributed by atoms with Crippen molar-refractivity contribution in [2.75, 3.05) is 7.11 Å². The number of carbonyl (C=O) groups excluding carboxylic acids is 3. The number of methoxy groups -OCH3 is 1. The van der Waals surface area contributed by atoms with Crippen LogP contribution in [0.3, 0.4) is 0 Å². The predicted octanol–water partition coefficient (Wildman–Crippen LogP) is 3.14. The fourth-order valence-corrected chi connectivity index (χ4v) is 6.27. The standard InChI is InChI=1S/C23H33NO5Si/c1-22(2,3)23(4,29-30(6)7)17-18(24-20(17)26)15-11-10-13-8-9-14(21(27)28-5)12-16(13)19(15)25/h8-9,12,15,17-18,30H,10-11H2,1-7H3,(H,24,26)/t15-,17-,18-,23-/m1/s1. The van der Waals surface area contributed by atoms with Crippen molar-refractivity contribution in [3.8, 4) is 0 Å². The van der Waals surface area contributed by atoms with E-state index in [1.165, 1.54) is 7.11 Å². The Morgan fingerprint density at radius 1 is 1.17 bits per heavy atom. The largest absolute Gasteiger partial charge is 0.465 e. The molecule has 1 fully saturated rings. The van der Waals surface area contributed by atoms with Gasteiger partial charge in [-0.05, 0) is 56.0 Å². The normalized spacial score (nSPS) is 25.8. The molecule has 0 bridgehead atoms. The number of hydrogen-bond acceptors (Lipinski definition) is 5. The minimum absolute atomic E-state index is 0.0185. The summed E-state index contributed by atoms with van der Waals surface area (Å²) in [5.41, 5.74) is 0.947. The van der Waals surface area contributed by atoms with Crippen LogP contribution in [-0.2, 0) is 20.4 Å². The Labute approximate surface area is 180 Å². The number of amides is 1. The van der Waals surface area contributed by atoms with E-state index in [9.17, 15) is 14.4 Å². The van der Waals surface area contributed by atoms with Crippen molar-refractivity contribution in [1.29, 1.82) is 0 Å². The van der Waals surface area contributed by atoms with E-state index >= 15 is 0 Å². The fourth-order valence-electron chi connectivity index (χ4n) is 4.79. The Balaban J connectivity index is 1.94. The van der Waals surface area contributed by atoms with Crippen molar-refractivity contribution < 1.29 is 23.5 Å². The van der Waals surface area contributed by atoms with Crippen LogP contribution < -0.4 is 5.32 Å². The summed E-state index contributed by atoms with van der Waals surface area (Å²) in [6, 6.07) is 4.89.